The number of amides is 3. The van der Waals surface area contributed by atoms with Crippen molar-refractivity contribution >= 4 is 52.3 Å². The number of halogens is 2. The molecule has 2 aliphatic rings. The molecule has 2 aliphatic heterocycles. The van der Waals surface area contributed by atoms with E-state index < -0.39 is 5.92 Å². The number of likely N-dealkylation sites (tertiary alicyclic amines) is 1. The first kappa shape index (κ1) is 20.7. The second-order valence-electron chi connectivity index (χ2n) is 7.56. The molecule has 156 valence electrons. The lowest BCUT2D eigenvalue weighted by Gasteiger charge is -2.19. The molecule has 8 heteroatoms. The predicted molar refractivity (Wildman–Crippen MR) is 117 cm³/mol. The average molecular weight is 446 g/mol. The third kappa shape index (κ3) is 4.30. The molecule has 0 radical (unpaired) electrons. The summed E-state index contributed by atoms with van der Waals surface area (Å²) in [5.41, 5.74) is 1.45. The van der Waals surface area contributed by atoms with E-state index in [1.165, 1.54) is 0 Å². The van der Waals surface area contributed by atoms with Gasteiger partial charge in [0.05, 0.1) is 17.2 Å². The summed E-state index contributed by atoms with van der Waals surface area (Å²) < 4.78 is 0. The molecule has 0 aromatic heterocycles. The Balaban J connectivity index is 1.50. The number of benzene rings is 2. The molecule has 0 spiro atoms. The van der Waals surface area contributed by atoms with Gasteiger partial charge in [-0.15, -0.1) is 0 Å². The molecule has 2 saturated heterocycles. The van der Waals surface area contributed by atoms with Gasteiger partial charge in [0.1, 0.15) is 0 Å². The fraction of sp³-hybridized carbons (Fsp3) is 0.318. The van der Waals surface area contributed by atoms with Crippen molar-refractivity contribution in [3.63, 3.8) is 0 Å². The van der Waals surface area contributed by atoms with E-state index in [1.54, 1.807) is 52.3 Å². The molecule has 0 saturated carbocycles. The van der Waals surface area contributed by atoms with Crippen LogP contribution >= 0.6 is 23.2 Å². The van der Waals surface area contributed by atoms with Crippen LogP contribution in [0.5, 0.6) is 0 Å². The molecular formula is C22H21Cl2N3O3. The van der Waals surface area contributed by atoms with Gasteiger partial charge in [0.15, 0.2) is 0 Å². The third-order valence-electron chi connectivity index (χ3n) is 5.48. The van der Waals surface area contributed by atoms with Gasteiger partial charge >= 0.3 is 0 Å². The quantitative estimate of drug-likeness (QED) is 0.765. The Morgan fingerprint density at radius 2 is 1.73 bits per heavy atom. The smallest absolute Gasteiger partial charge is 0.256 e. The molecule has 2 fully saturated rings. The van der Waals surface area contributed by atoms with Crippen molar-refractivity contribution in [1.82, 2.24) is 4.90 Å². The summed E-state index contributed by atoms with van der Waals surface area (Å²) in [5, 5.41) is 3.79. The Labute approximate surface area is 184 Å². The molecule has 2 heterocycles. The largest absolute Gasteiger partial charge is 0.339 e. The number of nitrogens with one attached hydrogen (secondary N) is 1. The highest BCUT2D eigenvalue weighted by Crippen LogP contribution is 2.29. The molecule has 0 aliphatic carbocycles. The van der Waals surface area contributed by atoms with Gasteiger partial charge in [0, 0.05) is 41.8 Å². The number of rotatable bonds is 4. The van der Waals surface area contributed by atoms with Crippen molar-refractivity contribution < 1.29 is 14.4 Å². The number of anilines is 2. The lowest BCUT2D eigenvalue weighted by Crippen LogP contribution is -2.31. The minimum Gasteiger partial charge on any atom is -0.339 e. The Hall–Kier alpha value is -2.57. The lowest BCUT2D eigenvalue weighted by molar-refractivity contribution is -0.122. The highest BCUT2D eigenvalue weighted by Gasteiger charge is 2.35. The van der Waals surface area contributed by atoms with Gasteiger partial charge < -0.3 is 15.1 Å². The topological polar surface area (TPSA) is 69.7 Å². The van der Waals surface area contributed by atoms with E-state index in [0.717, 1.165) is 12.8 Å². The van der Waals surface area contributed by atoms with Gasteiger partial charge in [-0.3, -0.25) is 14.4 Å². The Bertz CT molecular complexity index is 1000. The molecule has 1 unspecified atom stereocenters. The van der Waals surface area contributed by atoms with Crippen LogP contribution in [0.25, 0.3) is 0 Å². The Morgan fingerprint density at radius 1 is 1.00 bits per heavy atom. The van der Waals surface area contributed by atoms with Crippen LogP contribution in [0, 0.1) is 5.92 Å². The van der Waals surface area contributed by atoms with E-state index in [1.807, 2.05) is 0 Å². The Kier molecular flexibility index (Phi) is 5.97. The molecule has 4 rings (SSSR count). The zero-order valence-corrected chi connectivity index (χ0v) is 17.7. The summed E-state index contributed by atoms with van der Waals surface area (Å²) in [6, 6.07) is 11.8. The van der Waals surface area contributed by atoms with E-state index in [4.69, 9.17) is 23.2 Å². The highest BCUT2D eigenvalue weighted by molar-refractivity contribution is 6.31. The van der Waals surface area contributed by atoms with E-state index in [0.29, 0.717) is 40.1 Å². The minimum absolute atomic E-state index is 0.0986. The van der Waals surface area contributed by atoms with Gasteiger partial charge in [-0.1, -0.05) is 29.3 Å². The first-order valence-electron chi connectivity index (χ1n) is 9.88. The van der Waals surface area contributed by atoms with Crippen LogP contribution in [0.3, 0.4) is 0 Å². The zero-order chi connectivity index (χ0) is 21.3. The van der Waals surface area contributed by atoms with Crippen LogP contribution in [-0.4, -0.2) is 42.3 Å². The average Bonchev–Trinajstić information content (AvgIpc) is 3.39. The van der Waals surface area contributed by atoms with Crippen molar-refractivity contribution in [3.8, 4) is 0 Å². The molecule has 1 atom stereocenters. The van der Waals surface area contributed by atoms with Crippen molar-refractivity contribution in [1.29, 1.82) is 0 Å². The third-order valence-corrected chi connectivity index (χ3v) is 5.95. The highest BCUT2D eigenvalue weighted by atomic mass is 35.5. The lowest BCUT2D eigenvalue weighted by atomic mass is 10.1. The molecule has 0 bridgehead atoms. The van der Waals surface area contributed by atoms with Gasteiger partial charge in [-0.2, -0.15) is 0 Å². The van der Waals surface area contributed by atoms with Gasteiger partial charge in [-0.05, 0) is 49.2 Å². The van der Waals surface area contributed by atoms with Crippen LogP contribution in [0.2, 0.25) is 10.0 Å². The number of hydrogen-bond acceptors (Lipinski definition) is 3. The first-order valence-corrected chi connectivity index (χ1v) is 10.6. The van der Waals surface area contributed by atoms with Gasteiger partial charge in [0.25, 0.3) is 5.91 Å². The number of carbonyl (C=O) groups is 3. The van der Waals surface area contributed by atoms with Crippen LogP contribution in [0.1, 0.15) is 29.6 Å². The fourth-order valence-corrected chi connectivity index (χ4v) is 4.26. The van der Waals surface area contributed by atoms with E-state index >= 15 is 0 Å². The first-order chi connectivity index (χ1) is 14.4. The molecule has 1 N–H and O–H groups in total. The summed E-state index contributed by atoms with van der Waals surface area (Å²) in [5.74, 6) is -1.11. The van der Waals surface area contributed by atoms with Crippen molar-refractivity contribution in [3.05, 3.63) is 58.1 Å². The van der Waals surface area contributed by atoms with E-state index in [-0.39, 0.29) is 30.7 Å². The van der Waals surface area contributed by atoms with Crippen molar-refractivity contribution in [2.75, 3.05) is 29.9 Å². The maximum absolute atomic E-state index is 12.9. The SMILES string of the molecule is O=C(Nc1ccc(Cl)cc1C(=O)N1CCCC1)C1CC(=O)N(c2cccc(Cl)c2)C1. The van der Waals surface area contributed by atoms with Gasteiger partial charge in [0.2, 0.25) is 11.8 Å². The maximum atomic E-state index is 12.9. The normalized spacial score (nSPS) is 18.7. The maximum Gasteiger partial charge on any atom is 0.256 e. The summed E-state index contributed by atoms with van der Waals surface area (Å²) >= 11 is 12.1. The van der Waals surface area contributed by atoms with Crippen LogP contribution in [0.15, 0.2) is 42.5 Å². The second kappa shape index (κ2) is 8.66. The second-order valence-corrected chi connectivity index (χ2v) is 8.44. The van der Waals surface area contributed by atoms with Gasteiger partial charge in [-0.25, -0.2) is 0 Å². The predicted octanol–water partition coefficient (Wildman–Crippen LogP) is 4.22. The molecule has 30 heavy (non-hydrogen) atoms. The number of carbonyl (C=O) groups excluding carboxylic acids is 3. The molecule has 6 nitrogen and oxygen atoms in total. The molecular weight excluding hydrogens is 425 g/mol. The summed E-state index contributed by atoms with van der Waals surface area (Å²) in [6.45, 7) is 1.66. The van der Waals surface area contributed by atoms with Crippen LogP contribution < -0.4 is 10.2 Å². The van der Waals surface area contributed by atoms with Crippen LogP contribution in [-0.2, 0) is 9.59 Å². The Morgan fingerprint density at radius 3 is 2.47 bits per heavy atom. The standard InChI is InChI=1S/C22H21Cl2N3O3/c23-15-4-3-5-17(11-15)27-13-14(10-20(27)28)21(29)25-19-7-6-16(24)12-18(19)22(30)26-8-1-2-9-26/h3-7,11-12,14H,1-2,8-10,13H2,(H,25,29). The molecule has 2 aromatic carbocycles. The summed E-state index contributed by atoms with van der Waals surface area (Å²) in [4.78, 5) is 41.6. The summed E-state index contributed by atoms with van der Waals surface area (Å²) in [7, 11) is 0. The summed E-state index contributed by atoms with van der Waals surface area (Å²) in [6.07, 6.45) is 2.04. The molecule has 2 aromatic rings. The monoisotopic (exact) mass is 445 g/mol. The van der Waals surface area contributed by atoms with E-state index in [2.05, 4.69) is 5.32 Å². The van der Waals surface area contributed by atoms with Crippen LogP contribution in [0.4, 0.5) is 11.4 Å². The minimum atomic E-state index is -0.526. The van der Waals surface area contributed by atoms with Crippen molar-refractivity contribution in [2.24, 2.45) is 5.92 Å². The number of hydrogen-bond donors (Lipinski definition) is 1. The number of nitrogens with zero attached hydrogens (tertiary/aromatic N) is 2. The van der Waals surface area contributed by atoms with E-state index in [9.17, 15) is 14.4 Å². The zero-order valence-electron chi connectivity index (χ0n) is 16.2. The van der Waals surface area contributed by atoms with Crippen molar-refractivity contribution in [2.45, 2.75) is 19.3 Å². The fourth-order valence-electron chi connectivity index (χ4n) is 3.90. The molecule has 3 amide bonds.